The number of ether oxygens (including phenoxy) is 1. The second-order valence-electron chi connectivity index (χ2n) is 7.09. The molecular weight excluding hydrogens is 368 g/mol. The molecule has 1 aliphatic heterocycles. The molecule has 2 heterocycles. The monoisotopic (exact) mass is 392 g/mol. The Labute approximate surface area is 169 Å². The number of morpholine rings is 1. The van der Waals surface area contributed by atoms with Crippen LogP contribution in [0.4, 0.5) is 0 Å². The van der Waals surface area contributed by atoms with Crippen molar-refractivity contribution in [3.05, 3.63) is 65.5 Å². The van der Waals surface area contributed by atoms with Crippen LogP contribution < -0.4 is 5.32 Å². The summed E-state index contributed by atoms with van der Waals surface area (Å²) < 4.78 is 7.23. The number of para-hydroxylation sites is 2. The van der Waals surface area contributed by atoms with Crippen LogP contribution >= 0.6 is 0 Å². The van der Waals surface area contributed by atoms with Crippen molar-refractivity contribution in [2.24, 2.45) is 0 Å². The van der Waals surface area contributed by atoms with E-state index in [2.05, 4.69) is 10.3 Å². The molecule has 0 radical (unpaired) electrons. The lowest BCUT2D eigenvalue weighted by molar-refractivity contribution is -0.135. The number of carbonyl (C=O) groups is 2. The molecule has 1 aromatic heterocycles. The largest absolute Gasteiger partial charge is 0.378 e. The summed E-state index contributed by atoms with van der Waals surface area (Å²) in [5.74, 6) is 0.541. The Kier molecular flexibility index (Phi) is 5.57. The number of aromatic nitrogens is 2. The average Bonchev–Trinajstić information content (AvgIpc) is 3.10. The lowest BCUT2D eigenvalue weighted by Crippen LogP contribution is -2.42. The number of hydrogen-bond donors (Lipinski definition) is 1. The Morgan fingerprint density at radius 1 is 1.07 bits per heavy atom. The standard InChI is InChI=1S/C22H24N4O3/c1-16-6-2-3-7-17(16)22(28)23-14-20-24-18-8-4-5-9-19(18)26(20)15-21(27)25-10-12-29-13-11-25/h2-9H,10-15H2,1H3,(H,23,28). The fourth-order valence-electron chi connectivity index (χ4n) is 3.57. The molecule has 150 valence electrons. The minimum Gasteiger partial charge on any atom is -0.378 e. The highest BCUT2D eigenvalue weighted by Gasteiger charge is 2.20. The zero-order chi connectivity index (χ0) is 20.2. The molecule has 4 rings (SSSR count). The first-order chi connectivity index (χ1) is 14.1. The second-order valence-corrected chi connectivity index (χ2v) is 7.09. The normalized spacial score (nSPS) is 14.2. The van der Waals surface area contributed by atoms with Gasteiger partial charge < -0.3 is 19.5 Å². The molecule has 1 N–H and O–H groups in total. The van der Waals surface area contributed by atoms with Crippen LogP contribution in [-0.2, 0) is 22.6 Å². The maximum absolute atomic E-state index is 12.8. The van der Waals surface area contributed by atoms with Gasteiger partial charge in [0.2, 0.25) is 5.91 Å². The zero-order valence-corrected chi connectivity index (χ0v) is 16.4. The SMILES string of the molecule is Cc1ccccc1C(=O)NCc1nc2ccccc2n1CC(=O)N1CCOCC1. The van der Waals surface area contributed by atoms with Crippen LogP contribution in [0.2, 0.25) is 0 Å². The Bertz CT molecular complexity index is 1040. The van der Waals surface area contributed by atoms with Gasteiger partial charge in [-0.25, -0.2) is 4.98 Å². The van der Waals surface area contributed by atoms with Gasteiger partial charge in [0.1, 0.15) is 12.4 Å². The molecule has 0 bridgehead atoms. The third-order valence-electron chi connectivity index (χ3n) is 5.19. The highest BCUT2D eigenvalue weighted by atomic mass is 16.5. The van der Waals surface area contributed by atoms with E-state index in [1.165, 1.54) is 0 Å². The van der Waals surface area contributed by atoms with Gasteiger partial charge in [0, 0.05) is 18.7 Å². The summed E-state index contributed by atoms with van der Waals surface area (Å²) in [7, 11) is 0. The predicted octanol–water partition coefficient (Wildman–Crippen LogP) is 2.13. The summed E-state index contributed by atoms with van der Waals surface area (Å²) in [5, 5.41) is 2.94. The molecule has 2 amide bonds. The number of nitrogens with zero attached hydrogens (tertiary/aromatic N) is 3. The van der Waals surface area contributed by atoms with Crippen molar-refractivity contribution in [2.75, 3.05) is 26.3 Å². The summed E-state index contributed by atoms with van der Waals surface area (Å²) in [6.45, 7) is 4.68. The lowest BCUT2D eigenvalue weighted by atomic mass is 10.1. The number of hydrogen-bond acceptors (Lipinski definition) is 4. The molecule has 29 heavy (non-hydrogen) atoms. The fourth-order valence-corrected chi connectivity index (χ4v) is 3.57. The summed E-state index contributed by atoms with van der Waals surface area (Å²) in [5.41, 5.74) is 3.25. The molecule has 0 unspecified atom stereocenters. The summed E-state index contributed by atoms with van der Waals surface area (Å²) in [6.07, 6.45) is 0. The topological polar surface area (TPSA) is 76.5 Å². The van der Waals surface area contributed by atoms with Crippen LogP contribution in [0.5, 0.6) is 0 Å². The predicted molar refractivity (Wildman–Crippen MR) is 109 cm³/mol. The van der Waals surface area contributed by atoms with Crippen molar-refractivity contribution in [2.45, 2.75) is 20.0 Å². The Morgan fingerprint density at radius 2 is 1.79 bits per heavy atom. The van der Waals surface area contributed by atoms with Crippen molar-refractivity contribution in [3.8, 4) is 0 Å². The Hall–Kier alpha value is -3.19. The van der Waals surface area contributed by atoms with Crippen LogP contribution in [0, 0.1) is 6.92 Å². The van der Waals surface area contributed by atoms with E-state index in [1.807, 2.05) is 58.9 Å². The van der Waals surface area contributed by atoms with Gasteiger partial charge >= 0.3 is 0 Å². The van der Waals surface area contributed by atoms with Gasteiger partial charge in [0.05, 0.1) is 30.8 Å². The van der Waals surface area contributed by atoms with E-state index in [-0.39, 0.29) is 24.9 Å². The number of nitrogens with one attached hydrogen (secondary N) is 1. The van der Waals surface area contributed by atoms with Gasteiger partial charge in [-0.2, -0.15) is 0 Å². The van der Waals surface area contributed by atoms with E-state index in [1.54, 1.807) is 6.07 Å². The van der Waals surface area contributed by atoms with Gasteiger partial charge in [0.15, 0.2) is 0 Å². The fraction of sp³-hybridized carbons (Fsp3) is 0.318. The van der Waals surface area contributed by atoms with E-state index in [0.29, 0.717) is 37.7 Å². The molecule has 7 nitrogen and oxygen atoms in total. The highest BCUT2D eigenvalue weighted by molar-refractivity contribution is 5.95. The first-order valence-corrected chi connectivity index (χ1v) is 9.77. The van der Waals surface area contributed by atoms with Crippen molar-refractivity contribution in [1.29, 1.82) is 0 Å². The molecule has 0 aliphatic carbocycles. The number of aryl methyl sites for hydroxylation is 1. The van der Waals surface area contributed by atoms with E-state index >= 15 is 0 Å². The van der Waals surface area contributed by atoms with Crippen molar-refractivity contribution < 1.29 is 14.3 Å². The summed E-state index contributed by atoms with van der Waals surface area (Å²) >= 11 is 0. The van der Waals surface area contributed by atoms with Gasteiger partial charge in [-0.15, -0.1) is 0 Å². The third-order valence-corrected chi connectivity index (χ3v) is 5.19. The number of fused-ring (bicyclic) bond motifs is 1. The lowest BCUT2D eigenvalue weighted by Gasteiger charge is -2.27. The van der Waals surface area contributed by atoms with Crippen LogP contribution in [0.15, 0.2) is 48.5 Å². The molecule has 1 saturated heterocycles. The molecule has 0 saturated carbocycles. The first kappa shape index (κ1) is 19.1. The molecule has 0 spiro atoms. The Morgan fingerprint density at radius 3 is 2.59 bits per heavy atom. The summed E-state index contributed by atoms with van der Waals surface area (Å²) in [6, 6.07) is 15.2. The maximum Gasteiger partial charge on any atom is 0.251 e. The van der Waals surface area contributed by atoms with Gasteiger partial charge in [-0.3, -0.25) is 9.59 Å². The molecule has 1 aliphatic rings. The molecule has 2 aromatic carbocycles. The van der Waals surface area contributed by atoms with Gasteiger partial charge in [0.25, 0.3) is 5.91 Å². The van der Waals surface area contributed by atoms with Gasteiger partial charge in [-0.1, -0.05) is 30.3 Å². The van der Waals surface area contributed by atoms with Crippen molar-refractivity contribution in [3.63, 3.8) is 0 Å². The number of carbonyl (C=O) groups excluding carboxylic acids is 2. The second kappa shape index (κ2) is 8.45. The van der Waals surface area contributed by atoms with E-state index < -0.39 is 0 Å². The van der Waals surface area contributed by atoms with Crippen molar-refractivity contribution in [1.82, 2.24) is 19.8 Å². The minimum absolute atomic E-state index is 0.0305. The van der Waals surface area contributed by atoms with Crippen molar-refractivity contribution >= 4 is 22.8 Å². The summed E-state index contributed by atoms with van der Waals surface area (Å²) in [4.78, 5) is 31.9. The van der Waals surface area contributed by atoms with E-state index in [9.17, 15) is 9.59 Å². The van der Waals surface area contributed by atoms with E-state index in [0.717, 1.165) is 16.6 Å². The zero-order valence-electron chi connectivity index (χ0n) is 16.4. The molecule has 1 fully saturated rings. The molecule has 0 atom stereocenters. The Balaban J connectivity index is 1.55. The van der Waals surface area contributed by atoms with Crippen LogP contribution in [-0.4, -0.2) is 52.6 Å². The van der Waals surface area contributed by atoms with E-state index in [4.69, 9.17) is 4.74 Å². The number of amides is 2. The number of imidazole rings is 1. The third kappa shape index (κ3) is 4.14. The smallest absolute Gasteiger partial charge is 0.251 e. The molecular formula is C22H24N4O3. The van der Waals surface area contributed by atoms with Crippen LogP contribution in [0.25, 0.3) is 11.0 Å². The number of rotatable bonds is 5. The van der Waals surface area contributed by atoms with Crippen LogP contribution in [0.1, 0.15) is 21.7 Å². The first-order valence-electron chi connectivity index (χ1n) is 9.77. The molecule has 3 aromatic rings. The number of benzene rings is 2. The molecule has 7 heteroatoms. The average molecular weight is 392 g/mol. The maximum atomic E-state index is 12.8. The highest BCUT2D eigenvalue weighted by Crippen LogP contribution is 2.17. The minimum atomic E-state index is -0.152. The quantitative estimate of drug-likeness (QED) is 0.722. The van der Waals surface area contributed by atoms with Crippen LogP contribution in [0.3, 0.4) is 0 Å². The van der Waals surface area contributed by atoms with Gasteiger partial charge in [-0.05, 0) is 30.7 Å².